The van der Waals surface area contributed by atoms with Crippen LogP contribution in [0.4, 0.5) is 24.5 Å². The van der Waals surface area contributed by atoms with Crippen molar-refractivity contribution < 1.29 is 32.2 Å². The van der Waals surface area contributed by atoms with Gasteiger partial charge >= 0.3 is 6.36 Å². The van der Waals surface area contributed by atoms with E-state index >= 15 is 0 Å². The Labute approximate surface area is 147 Å². The Morgan fingerprint density at radius 1 is 1.00 bits per heavy atom. The highest BCUT2D eigenvalue weighted by Gasteiger charge is 2.30. The minimum Gasteiger partial charge on any atom is -0.497 e. The third kappa shape index (κ3) is 5.76. The number of hydrogen-bond donors (Lipinski definition) is 2. The molecule has 2 rings (SSSR count). The molecule has 0 atom stereocenters. The van der Waals surface area contributed by atoms with E-state index in [-0.39, 0.29) is 18.2 Å². The molecule has 6 nitrogen and oxygen atoms in total. The first-order chi connectivity index (χ1) is 12.3. The van der Waals surface area contributed by atoms with Crippen molar-refractivity contribution in [3.63, 3.8) is 0 Å². The van der Waals surface area contributed by atoms with Crippen molar-refractivity contribution in [3.8, 4) is 17.2 Å². The summed E-state index contributed by atoms with van der Waals surface area (Å²) in [7, 11) is 2.97. The lowest BCUT2D eigenvalue weighted by atomic mass is 10.2. The average molecular weight is 370 g/mol. The van der Waals surface area contributed by atoms with Gasteiger partial charge in [-0.25, -0.2) is 0 Å². The summed E-state index contributed by atoms with van der Waals surface area (Å²) in [5.41, 5.74) is 0.903. The number of carbonyl (C=O) groups excluding carboxylic acids is 1. The highest BCUT2D eigenvalue weighted by molar-refractivity contribution is 5.95. The number of rotatable bonds is 7. The maximum atomic E-state index is 12.1. The molecular weight excluding hydrogens is 353 g/mol. The van der Waals surface area contributed by atoms with Crippen LogP contribution in [0.3, 0.4) is 0 Å². The van der Waals surface area contributed by atoms with Crippen LogP contribution < -0.4 is 24.8 Å². The molecule has 140 valence electrons. The van der Waals surface area contributed by atoms with Crippen LogP contribution in [0.15, 0.2) is 42.5 Å². The first-order valence-corrected chi connectivity index (χ1v) is 7.42. The van der Waals surface area contributed by atoms with Crippen molar-refractivity contribution >= 4 is 17.3 Å². The van der Waals surface area contributed by atoms with Gasteiger partial charge in [0.1, 0.15) is 17.2 Å². The van der Waals surface area contributed by atoms with E-state index in [0.29, 0.717) is 22.9 Å². The van der Waals surface area contributed by atoms with E-state index in [1.54, 1.807) is 18.2 Å². The summed E-state index contributed by atoms with van der Waals surface area (Å²) < 4.78 is 50.4. The van der Waals surface area contributed by atoms with Gasteiger partial charge in [-0.2, -0.15) is 0 Å². The Balaban J connectivity index is 1.93. The largest absolute Gasteiger partial charge is 0.573 e. The number of carbonyl (C=O) groups is 1. The number of nitrogens with one attached hydrogen (secondary N) is 2. The van der Waals surface area contributed by atoms with Crippen LogP contribution in [0, 0.1) is 0 Å². The predicted octanol–water partition coefficient (Wildman–Crippen LogP) is 3.65. The molecule has 0 unspecified atom stereocenters. The number of ether oxygens (including phenoxy) is 3. The topological polar surface area (TPSA) is 68.8 Å². The van der Waals surface area contributed by atoms with Crippen molar-refractivity contribution in [2.45, 2.75) is 6.36 Å². The number of methoxy groups -OCH3 is 2. The summed E-state index contributed by atoms with van der Waals surface area (Å²) in [6.07, 6.45) is -4.75. The molecule has 0 heterocycles. The Morgan fingerprint density at radius 2 is 1.65 bits per heavy atom. The van der Waals surface area contributed by atoms with Crippen LogP contribution in [0.5, 0.6) is 17.2 Å². The minimum absolute atomic E-state index is 0.0974. The molecule has 2 aromatic rings. The van der Waals surface area contributed by atoms with Gasteiger partial charge in [-0.3, -0.25) is 4.79 Å². The molecule has 0 saturated carbocycles. The lowest BCUT2D eigenvalue weighted by Crippen LogP contribution is -2.22. The van der Waals surface area contributed by atoms with Gasteiger partial charge in [0.15, 0.2) is 0 Å². The van der Waals surface area contributed by atoms with Crippen LogP contribution >= 0.6 is 0 Å². The molecule has 2 aromatic carbocycles. The maximum Gasteiger partial charge on any atom is 0.573 e. The van der Waals surface area contributed by atoms with E-state index in [2.05, 4.69) is 15.4 Å². The number of benzene rings is 2. The second-order valence-corrected chi connectivity index (χ2v) is 5.04. The Kier molecular flexibility index (Phi) is 6.16. The molecular formula is C17H17F3N2O4. The van der Waals surface area contributed by atoms with Gasteiger partial charge in [-0.05, 0) is 36.4 Å². The molecule has 0 saturated heterocycles. The summed E-state index contributed by atoms with van der Waals surface area (Å²) in [5.74, 6) is 0.308. The van der Waals surface area contributed by atoms with Gasteiger partial charge in [0.05, 0.1) is 26.5 Å². The van der Waals surface area contributed by atoms with E-state index in [9.17, 15) is 18.0 Å². The molecule has 26 heavy (non-hydrogen) atoms. The quantitative estimate of drug-likeness (QED) is 0.779. The van der Waals surface area contributed by atoms with Crippen molar-refractivity contribution in [2.24, 2.45) is 0 Å². The molecule has 0 aliphatic carbocycles. The van der Waals surface area contributed by atoms with E-state index in [1.807, 2.05) is 0 Å². The van der Waals surface area contributed by atoms with Gasteiger partial charge in [-0.15, -0.1) is 13.2 Å². The van der Waals surface area contributed by atoms with E-state index in [4.69, 9.17) is 9.47 Å². The summed E-state index contributed by atoms with van der Waals surface area (Å²) in [6, 6.07) is 10.0. The zero-order chi connectivity index (χ0) is 19.2. The fraction of sp³-hybridized carbons (Fsp3) is 0.235. The Bertz CT molecular complexity index is 749. The molecule has 0 radical (unpaired) electrons. The number of halogens is 3. The Hall–Kier alpha value is -3.10. The van der Waals surface area contributed by atoms with Gasteiger partial charge in [0.25, 0.3) is 0 Å². The lowest BCUT2D eigenvalue weighted by Gasteiger charge is -2.13. The fourth-order valence-electron chi connectivity index (χ4n) is 2.06. The monoisotopic (exact) mass is 370 g/mol. The smallest absolute Gasteiger partial charge is 0.497 e. The van der Waals surface area contributed by atoms with Crippen LogP contribution in [-0.2, 0) is 4.79 Å². The number of alkyl halides is 3. The molecule has 0 aliphatic rings. The van der Waals surface area contributed by atoms with Crippen LogP contribution in [0.25, 0.3) is 0 Å². The molecule has 0 spiro atoms. The summed E-state index contributed by atoms with van der Waals surface area (Å²) in [4.78, 5) is 12.1. The second-order valence-electron chi connectivity index (χ2n) is 5.04. The highest BCUT2D eigenvalue weighted by Crippen LogP contribution is 2.29. The third-order valence-electron chi connectivity index (χ3n) is 3.22. The zero-order valence-electron chi connectivity index (χ0n) is 14.0. The van der Waals surface area contributed by atoms with Crippen LogP contribution in [0.2, 0.25) is 0 Å². The van der Waals surface area contributed by atoms with E-state index in [0.717, 1.165) is 12.1 Å². The van der Waals surface area contributed by atoms with Gasteiger partial charge in [0.2, 0.25) is 5.91 Å². The van der Waals surface area contributed by atoms with Crippen molar-refractivity contribution in [3.05, 3.63) is 42.5 Å². The highest BCUT2D eigenvalue weighted by atomic mass is 19.4. The number of anilines is 2. The van der Waals surface area contributed by atoms with Crippen molar-refractivity contribution in [1.82, 2.24) is 0 Å². The number of hydrogen-bond acceptors (Lipinski definition) is 5. The summed E-state index contributed by atoms with van der Waals surface area (Å²) in [5, 5.41) is 5.47. The molecule has 0 bridgehead atoms. The lowest BCUT2D eigenvalue weighted by molar-refractivity contribution is -0.274. The summed E-state index contributed by atoms with van der Waals surface area (Å²) >= 11 is 0. The summed E-state index contributed by atoms with van der Waals surface area (Å²) in [6.45, 7) is -0.0974. The Morgan fingerprint density at radius 3 is 2.23 bits per heavy atom. The minimum atomic E-state index is -4.75. The standard InChI is InChI=1S/C17H17F3N2O4/c1-24-13-7-8-15(25-2)14(9-13)22-16(23)10-21-11-3-5-12(6-4-11)26-17(18,19)20/h3-9,21H,10H2,1-2H3,(H,22,23). The van der Waals surface area contributed by atoms with Gasteiger partial charge in [0, 0.05) is 11.8 Å². The van der Waals surface area contributed by atoms with Gasteiger partial charge < -0.3 is 24.8 Å². The van der Waals surface area contributed by atoms with Crippen LogP contribution in [0.1, 0.15) is 0 Å². The molecule has 2 N–H and O–H groups in total. The van der Waals surface area contributed by atoms with Crippen molar-refractivity contribution in [1.29, 1.82) is 0 Å². The predicted molar refractivity (Wildman–Crippen MR) is 89.8 cm³/mol. The molecule has 0 fully saturated rings. The molecule has 0 aromatic heterocycles. The average Bonchev–Trinajstić information content (AvgIpc) is 2.59. The SMILES string of the molecule is COc1ccc(OC)c(NC(=O)CNc2ccc(OC(F)(F)F)cc2)c1. The van der Waals surface area contributed by atoms with Gasteiger partial charge in [-0.1, -0.05) is 0 Å². The zero-order valence-corrected chi connectivity index (χ0v) is 14.0. The van der Waals surface area contributed by atoms with E-state index < -0.39 is 6.36 Å². The molecule has 9 heteroatoms. The number of amides is 1. The normalized spacial score (nSPS) is 10.8. The van der Waals surface area contributed by atoms with E-state index in [1.165, 1.54) is 26.4 Å². The van der Waals surface area contributed by atoms with Crippen molar-refractivity contribution in [2.75, 3.05) is 31.4 Å². The first kappa shape index (κ1) is 19.2. The maximum absolute atomic E-state index is 12.1. The first-order valence-electron chi connectivity index (χ1n) is 7.42. The fourth-order valence-corrected chi connectivity index (χ4v) is 2.06. The third-order valence-corrected chi connectivity index (χ3v) is 3.22. The molecule has 0 aliphatic heterocycles. The molecule has 1 amide bonds. The second kappa shape index (κ2) is 8.32. The van der Waals surface area contributed by atoms with Crippen LogP contribution in [-0.4, -0.2) is 33.0 Å².